The van der Waals surface area contributed by atoms with E-state index in [1.165, 1.54) is 0 Å². The van der Waals surface area contributed by atoms with Crippen molar-refractivity contribution in [2.75, 3.05) is 6.54 Å². The topological polar surface area (TPSA) is 70.0 Å². The molecule has 0 aromatic rings. The maximum absolute atomic E-state index is 13.1. The highest BCUT2D eigenvalue weighted by Crippen LogP contribution is 2.74. The van der Waals surface area contributed by atoms with Crippen LogP contribution < -0.4 is 0 Å². The lowest BCUT2D eigenvalue weighted by atomic mass is 9.53. The smallest absolute Gasteiger partial charge is 0.140 e. The molecule has 2 heterocycles. The van der Waals surface area contributed by atoms with Gasteiger partial charge in [0, 0.05) is 30.3 Å². The summed E-state index contributed by atoms with van der Waals surface area (Å²) >= 11 is 0. The van der Waals surface area contributed by atoms with E-state index in [0.717, 1.165) is 32.2 Å². The molecule has 5 aliphatic rings. The van der Waals surface area contributed by atoms with E-state index in [-0.39, 0.29) is 23.8 Å². The van der Waals surface area contributed by atoms with Crippen molar-refractivity contribution in [1.29, 1.82) is 0 Å². The molecule has 5 fully saturated rings. The van der Waals surface area contributed by atoms with Gasteiger partial charge in [-0.2, -0.15) is 5.06 Å². The minimum absolute atomic E-state index is 0.0853. The third-order valence-corrected chi connectivity index (χ3v) is 7.44. The van der Waals surface area contributed by atoms with Crippen molar-refractivity contribution in [3.8, 4) is 0 Å². The van der Waals surface area contributed by atoms with Gasteiger partial charge in [0.25, 0.3) is 0 Å². The first-order valence-corrected chi connectivity index (χ1v) is 8.36. The molecule has 9 atom stereocenters. The zero-order chi connectivity index (χ0) is 14.6. The molecule has 5 nitrogen and oxygen atoms in total. The highest BCUT2D eigenvalue weighted by atomic mass is 16.7. The van der Waals surface area contributed by atoms with E-state index in [1.54, 1.807) is 0 Å². The molecular formula is C16H23NO4. The fourth-order valence-electron chi connectivity index (χ4n) is 6.97. The van der Waals surface area contributed by atoms with Gasteiger partial charge >= 0.3 is 0 Å². The van der Waals surface area contributed by atoms with Crippen molar-refractivity contribution in [3.05, 3.63) is 0 Å². The number of hydroxylamine groups is 2. The van der Waals surface area contributed by atoms with Gasteiger partial charge in [0.15, 0.2) is 0 Å². The lowest BCUT2D eigenvalue weighted by Crippen LogP contribution is -2.59. The molecule has 5 rings (SSSR count). The van der Waals surface area contributed by atoms with E-state index in [2.05, 4.69) is 6.92 Å². The second kappa shape index (κ2) is 3.70. The maximum Gasteiger partial charge on any atom is 0.140 e. The van der Waals surface area contributed by atoms with Gasteiger partial charge in [0.05, 0.1) is 23.7 Å². The molecule has 2 aliphatic heterocycles. The summed E-state index contributed by atoms with van der Waals surface area (Å²) in [6.45, 7) is 2.98. The van der Waals surface area contributed by atoms with Gasteiger partial charge in [-0.1, -0.05) is 6.92 Å². The number of hydrogen-bond donors (Lipinski definition) is 2. The molecule has 3 saturated carbocycles. The first-order chi connectivity index (χ1) is 10.0. The Morgan fingerprint density at radius 3 is 2.95 bits per heavy atom. The monoisotopic (exact) mass is 293 g/mol. The number of ketones is 1. The molecule has 0 amide bonds. The van der Waals surface area contributed by atoms with E-state index >= 15 is 0 Å². The number of aliphatic hydroxyl groups is 2. The Labute approximate surface area is 124 Å². The third kappa shape index (κ3) is 1.11. The number of fused-ring (bicyclic) bond motifs is 3. The highest BCUT2D eigenvalue weighted by molar-refractivity contribution is 5.89. The summed E-state index contributed by atoms with van der Waals surface area (Å²) in [5.41, 5.74) is -1.09. The maximum atomic E-state index is 13.1. The quantitative estimate of drug-likeness (QED) is 0.680. The lowest BCUT2D eigenvalue weighted by molar-refractivity contribution is -0.152. The molecule has 2 saturated heterocycles. The SMILES string of the molecule is C[C@@H]1CC(=O)[C@]23CC[C@@H]4N5CCC(O5)[C@@]42[C@H](O)[C@H](O)[C@@H]3C1. The molecule has 0 aromatic heterocycles. The van der Waals surface area contributed by atoms with Gasteiger partial charge in [-0.3, -0.25) is 9.63 Å². The summed E-state index contributed by atoms with van der Waals surface area (Å²) in [5.74, 6) is 0.503. The van der Waals surface area contributed by atoms with E-state index < -0.39 is 23.0 Å². The van der Waals surface area contributed by atoms with Crippen molar-refractivity contribution in [3.63, 3.8) is 0 Å². The van der Waals surface area contributed by atoms with E-state index in [1.807, 2.05) is 5.06 Å². The largest absolute Gasteiger partial charge is 0.390 e. The first kappa shape index (κ1) is 13.0. The van der Waals surface area contributed by atoms with Crippen LogP contribution in [0.15, 0.2) is 0 Å². The van der Waals surface area contributed by atoms with Crippen LogP contribution in [0.25, 0.3) is 0 Å². The Hall–Kier alpha value is -0.490. The molecule has 2 N–H and O–H groups in total. The van der Waals surface area contributed by atoms with Crippen LogP contribution in [0.4, 0.5) is 0 Å². The minimum Gasteiger partial charge on any atom is -0.390 e. The van der Waals surface area contributed by atoms with Gasteiger partial charge in [-0.15, -0.1) is 0 Å². The standard InChI is InChI=1S/C16H23NO4/c1-8-6-9-13(19)14(20)16-10(17-5-3-12(16)21-17)2-4-15(9,16)11(18)7-8/h8-10,12-14,19-20H,2-7H2,1H3/t8-,9-,10-,12?,13+,14+,15+,16+/m0/s1. The van der Waals surface area contributed by atoms with Crippen LogP contribution in [-0.2, 0) is 9.63 Å². The summed E-state index contributed by atoms with van der Waals surface area (Å²) in [4.78, 5) is 19.1. The predicted octanol–water partition coefficient (Wildman–Crippen LogP) is 0.492. The molecular weight excluding hydrogens is 270 g/mol. The summed E-state index contributed by atoms with van der Waals surface area (Å²) in [6.07, 6.45) is 2.37. The normalized spacial score (nSPS) is 64.5. The minimum atomic E-state index is -0.820. The lowest BCUT2D eigenvalue weighted by Gasteiger charge is -2.49. The number of nitrogens with zero attached hydrogens (tertiary/aromatic N) is 1. The first-order valence-electron chi connectivity index (χ1n) is 8.36. The number of aliphatic hydroxyl groups excluding tert-OH is 2. The second-order valence-electron chi connectivity index (χ2n) is 7.99. The average molecular weight is 293 g/mol. The number of hydrogen-bond acceptors (Lipinski definition) is 5. The van der Waals surface area contributed by atoms with Crippen LogP contribution in [0.5, 0.6) is 0 Å². The predicted molar refractivity (Wildman–Crippen MR) is 73.0 cm³/mol. The number of carbonyl (C=O) groups excluding carboxylic acids is 1. The number of carbonyl (C=O) groups is 1. The third-order valence-electron chi connectivity index (χ3n) is 7.44. The Bertz CT molecular complexity index is 524. The van der Waals surface area contributed by atoms with Gasteiger partial charge in [0.2, 0.25) is 0 Å². The number of Topliss-reactive ketones (excluding diaryl/α,β-unsaturated/α-hetero) is 1. The van der Waals surface area contributed by atoms with Gasteiger partial charge < -0.3 is 10.2 Å². The Morgan fingerprint density at radius 2 is 2.14 bits per heavy atom. The number of piperidine rings is 1. The van der Waals surface area contributed by atoms with Crippen LogP contribution in [0.2, 0.25) is 0 Å². The van der Waals surface area contributed by atoms with Crippen LogP contribution >= 0.6 is 0 Å². The van der Waals surface area contributed by atoms with Gasteiger partial charge in [-0.05, 0) is 31.6 Å². The van der Waals surface area contributed by atoms with Gasteiger partial charge in [0.1, 0.15) is 5.78 Å². The molecule has 5 heteroatoms. The fraction of sp³-hybridized carbons (Fsp3) is 0.938. The van der Waals surface area contributed by atoms with Crippen LogP contribution in [-0.4, -0.2) is 52.0 Å². The van der Waals surface area contributed by atoms with Crippen molar-refractivity contribution < 1.29 is 19.8 Å². The second-order valence-corrected chi connectivity index (χ2v) is 7.99. The zero-order valence-electron chi connectivity index (χ0n) is 12.4. The molecule has 2 bridgehead atoms. The Kier molecular flexibility index (Phi) is 2.29. The summed E-state index contributed by atoms with van der Waals surface area (Å²) < 4.78 is 0. The molecule has 21 heavy (non-hydrogen) atoms. The molecule has 0 aromatic carbocycles. The van der Waals surface area contributed by atoms with E-state index in [0.29, 0.717) is 12.3 Å². The molecule has 3 aliphatic carbocycles. The van der Waals surface area contributed by atoms with Crippen LogP contribution in [0.1, 0.15) is 39.0 Å². The van der Waals surface area contributed by atoms with Crippen molar-refractivity contribution in [2.45, 2.75) is 63.4 Å². The highest BCUT2D eigenvalue weighted by Gasteiger charge is 2.83. The Balaban J connectivity index is 1.73. The summed E-state index contributed by atoms with van der Waals surface area (Å²) in [5, 5.41) is 23.7. The van der Waals surface area contributed by atoms with Crippen LogP contribution in [0.3, 0.4) is 0 Å². The van der Waals surface area contributed by atoms with Crippen molar-refractivity contribution >= 4 is 5.78 Å². The average Bonchev–Trinajstić information content (AvgIpc) is 3.14. The fourth-order valence-corrected chi connectivity index (χ4v) is 6.97. The molecule has 2 spiro atoms. The summed E-state index contributed by atoms with van der Waals surface area (Å²) in [6, 6.07) is 0.114. The molecule has 0 radical (unpaired) electrons. The van der Waals surface area contributed by atoms with Gasteiger partial charge in [-0.25, -0.2) is 0 Å². The molecule has 116 valence electrons. The zero-order valence-corrected chi connectivity index (χ0v) is 12.4. The van der Waals surface area contributed by atoms with Crippen molar-refractivity contribution in [1.82, 2.24) is 5.06 Å². The van der Waals surface area contributed by atoms with Crippen molar-refractivity contribution in [2.24, 2.45) is 22.7 Å². The number of rotatable bonds is 0. The van der Waals surface area contributed by atoms with Crippen LogP contribution in [0, 0.1) is 22.7 Å². The van der Waals surface area contributed by atoms with E-state index in [4.69, 9.17) is 4.84 Å². The Morgan fingerprint density at radius 1 is 1.33 bits per heavy atom. The summed E-state index contributed by atoms with van der Waals surface area (Å²) in [7, 11) is 0. The molecule has 2 unspecified atom stereocenters. The van der Waals surface area contributed by atoms with E-state index in [9.17, 15) is 15.0 Å².